The highest BCUT2D eigenvalue weighted by molar-refractivity contribution is 6.08. The first-order chi connectivity index (χ1) is 11.1. The van der Waals surface area contributed by atoms with Gasteiger partial charge in [-0.05, 0) is 23.8 Å². The van der Waals surface area contributed by atoms with Crippen LogP contribution in [0.5, 0.6) is 0 Å². The third-order valence-corrected chi connectivity index (χ3v) is 5.37. The number of amides is 2. The first kappa shape index (κ1) is 14.2. The fourth-order valence-corrected chi connectivity index (χ4v) is 4.36. The molecule has 0 radical (unpaired) electrons. The van der Waals surface area contributed by atoms with E-state index in [1.165, 1.54) is 0 Å². The molecule has 4 rings (SSSR count). The van der Waals surface area contributed by atoms with E-state index in [0.29, 0.717) is 0 Å². The van der Waals surface area contributed by atoms with Crippen LogP contribution in [-0.2, 0) is 20.8 Å². The van der Waals surface area contributed by atoms with Crippen LogP contribution in [0.3, 0.4) is 0 Å². The molecular formula is C18H17NO4. The van der Waals surface area contributed by atoms with E-state index in [2.05, 4.69) is 0 Å². The van der Waals surface area contributed by atoms with E-state index in [9.17, 15) is 19.5 Å². The molecule has 23 heavy (non-hydrogen) atoms. The van der Waals surface area contributed by atoms with Crippen LogP contribution in [0.25, 0.3) is 0 Å². The van der Waals surface area contributed by atoms with Gasteiger partial charge >= 0.3 is 5.97 Å². The number of aliphatic carboxylic acids is 1. The van der Waals surface area contributed by atoms with Crippen LogP contribution in [0, 0.1) is 23.7 Å². The predicted molar refractivity (Wildman–Crippen MR) is 81.1 cm³/mol. The predicted octanol–water partition coefficient (Wildman–Crippen LogP) is 1.49. The Morgan fingerprint density at radius 3 is 2.17 bits per heavy atom. The van der Waals surface area contributed by atoms with Crippen molar-refractivity contribution in [1.29, 1.82) is 0 Å². The molecule has 1 aromatic rings. The lowest BCUT2D eigenvalue weighted by atomic mass is 9.85. The minimum atomic E-state index is -1.13. The standard InChI is InChI=1S/C18H17NO4/c20-16-14-11-6-7-12(9-11)15(14)17(21)19(16)13(18(22)23)8-10-4-2-1-3-5-10/h1-7,11-15H,8-9H2,(H,22,23)/t11-,12+,13-,14-,15-/m0/s1. The number of rotatable bonds is 4. The third kappa shape index (κ3) is 2.03. The number of benzene rings is 1. The van der Waals surface area contributed by atoms with Gasteiger partial charge in [-0.15, -0.1) is 0 Å². The molecule has 2 aliphatic carbocycles. The van der Waals surface area contributed by atoms with Crippen molar-refractivity contribution < 1.29 is 19.5 Å². The monoisotopic (exact) mass is 311 g/mol. The number of carbonyl (C=O) groups excluding carboxylic acids is 2. The summed E-state index contributed by atoms with van der Waals surface area (Å²) < 4.78 is 0. The second kappa shape index (κ2) is 5.05. The highest BCUT2D eigenvalue weighted by Gasteiger charge is 2.61. The van der Waals surface area contributed by atoms with Crippen LogP contribution in [0.4, 0.5) is 0 Å². The van der Waals surface area contributed by atoms with Crippen molar-refractivity contribution in [1.82, 2.24) is 4.90 Å². The van der Waals surface area contributed by atoms with Crippen molar-refractivity contribution in [3.05, 3.63) is 48.0 Å². The van der Waals surface area contributed by atoms with Crippen LogP contribution in [0.15, 0.2) is 42.5 Å². The molecule has 5 atom stereocenters. The maximum atomic E-state index is 12.7. The van der Waals surface area contributed by atoms with Crippen molar-refractivity contribution in [2.24, 2.45) is 23.7 Å². The van der Waals surface area contributed by atoms with Crippen molar-refractivity contribution in [3.8, 4) is 0 Å². The zero-order valence-corrected chi connectivity index (χ0v) is 12.5. The van der Waals surface area contributed by atoms with Crippen LogP contribution >= 0.6 is 0 Å². The van der Waals surface area contributed by atoms with E-state index in [1.807, 2.05) is 42.5 Å². The molecule has 1 N–H and O–H groups in total. The average Bonchev–Trinajstić information content (AvgIpc) is 3.21. The highest BCUT2D eigenvalue weighted by atomic mass is 16.4. The van der Waals surface area contributed by atoms with Gasteiger partial charge in [-0.25, -0.2) is 4.79 Å². The molecule has 0 spiro atoms. The van der Waals surface area contributed by atoms with Crippen LogP contribution < -0.4 is 0 Å². The second-order valence-corrected chi connectivity index (χ2v) is 6.59. The number of imide groups is 1. The molecule has 118 valence electrons. The Morgan fingerprint density at radius 2 is 1.65 bits per heavy atom. The molecule has 1 saturated carbocycles. The average molecular weight is 311 g/mol. The lowest BCUT2D eigenvalue weighted by Crippen LogP contribution is -2.47. The van der Waals surface area contributed by atoms with Crippen molar-refractivity contribution in [2.45, 2.75) is 18.9 Å². The van der Waals surface area contributed by atoms with E-state index in [4.69, 9.17) is 0 Å². The van der Waals surface area contributed by atoms with Gasteiger partial charge in [0, 0.05) is 6.42 Å². The number of carbonyl (C=O) groups is 3. The summed E-state index contributed by atoms with van der Waals surface area (Å²) in [5, 5.41) is 9.58. The number of carboxylic acids is 1. The zero-order valence-electron chi connectivity index (χ0n) is 12.5. The van der Waals surface area contributed by atoms with Gasteiger partial charge in [0.2, 0.25) is 11.8 Å². The summed E-state index contributed by atoms with van der Waals surface area (Å²) in [6, 6.07) is 7.99. The Balaban J connectivity index is 1.64. The van der Waals surface area contributed by atoms with Crippen LogP contribution in [0.2, 0.25) is 0 Å². The molecule has 0 aromatic heterocycles. The van der Waals surface area contributed by atoms with E-state index in [1.54, 1.807) is 0 Å². The van der Waals surface area contributed by atoms with Gasteiger partial charge in [0.25, 0.3) is 0 Å². The number of allylic oxidation sites excluding steroid dienone is 2. The van der Waals surface area contributed by atoms with E-state index < -0.39 is 12.0 Å². The summed E-state index contributed by atoms with van der Waals surface area (Å²) >= 11 is 0. The minimum absolute atomic E-state index is 0.0950. The Labute approximate surface area is 133 Å². The number of hydrogen-bond donors (Lipinski definition) is 1. The second-order valence-electron chi connectivity index (χ2n) is 6.59. The molecule has 2 bridgehead atoms. The topological polar surface area (TPSA) is 74.7 Å². The maximum Gasteiger partial charge on any atom is 0.327 e. The van der Waals surface area contributed by atoms with Crippen molar-refractivity contribution >= 4 is 17.8 Å². The summed E-state index contributed by atoms with van der Waals surface area (Å²) in [7, 11) is 0. The fourth-order valence-electron chi connectivity index (χ4n) is 4.36. The number of carboxylic acid groups (broad SMARTS) is 1. The van der Waals surface area contributed by atoms with E-state index in [0.717, 1.165) is 16.9 Å². The van der Waals surface area contributed by atoms with Crippen molar-refractivity contribution in [2.75, 3.05) is 0 Å². The number of likely N-dealkylation sites (tertiary alicyclic amines) is 1. The number of nitrogens with zero attached hydrogens (tertiary/aromatic N) is 1. The van der Waals surface area contributed by atoms with Crippen LogP contribution in [0.1, 0.15) is 12.0 Å². The molecule has 1 heterocycles. The molecule has 3 aliphatic rings. The molecular weight excluding hydrogens is 294 g/mol. The van der Waals surface area contributed by atoms with Crippen molar-refractivity contribution in [3.63, 3.8) is 0 Å². The first-order valence-corrected chi connectivity index (χ1v) is 7.90. The molecule has 1 aliphatic heterocycles. The SMILES string of the molecule is O=C(O)[C@H](Cc1ccccc1)N1C(=O)[C@@H]2[C@@H](C1=O)[C@H]1C=C[C@@H]2C1. The van der Waals surface area contributed by atoms with Gasteiger partial charge in [0.05, 0.1) is 11.8 Å². The molecule has 5 heteroatoms. The Kier molecular flexibility index (Phi) is 3.11. The molecule has 2 amide bonds. The molecule has 1 aromatic carbocycles. The third-order valence-electron chi connectivity index (χ3n) is 5.37. The van der Waals surface area contributed by atoms with Gasteiger partial charge < -0.3 is 5.11 Å². The van der Waals surface area contributed by atoms with Gasteiger partial charge in [-0.1, -0.05) is 42.5 Å². The van der Waals surface area contributed by atoms with Gasteiger partial charge in [-0.3, -0.25) is 14.5 Å². The summed E-state index contributed by atoms with van der Waals surface area (Å²) in [6.45, 7) is 0. The Bertz CT molecular complexity index is 681. The minimum Gasteiger partial charge on any atom is -0.480 e. The zero-order chi connectivity index (χ0) is 16.1. The quantitative estimate of drug-likeness (QED) is 0.675. The summed E-state index contributed by atoms with van der Waals surface area (Å²) in [5.41, 5.74) is 0.804. The van der Waals surface area contributed by atoms with Gasteiger partial charge in [0.1, 0.15) is 6.04 Å². The number of hydrogen-bond acceptors (Lipinski definition) is 3. The lowest BCUT2D eigenvalue weighted by Gasteiger charge is -2.24. The molecule has 5 nitrogen and oxygen atoms in total. The van der Waals surface area contributed by atoms with Gasteiger partial charge in [0.15, 0.2) is 0 Å². The lowest BCUT2D eigenvalue weighted by molar-refractivity contribution is -0.155. The Hall–Kier alpha value is -2.43. The molecule has 2 fully saturated rings. The highest BCUT2D eigenvalue weighted by Crippen LogP contribution is 2.52. The number of fused-ring (bicyclic) bond motifs is 5. The smallest absolute Gasteiger partial charge is 0.327 e. The Morgan fingerprint density at radius 1 is 1.09 bits per heavy atom. The summed E-state index contributed by atoms with van der Waals surface area (Å²) in [6.07, 6.45) is 5.01. The molecule has 0 unspecified atom stereocenters. The maximum absolute atomic E-state index is 12.7. The first-order valence-electron chi connectivity index (χ1n) is 7.90. The normalized spacial score (nSPS) is 32.4. The largest absolute Gasteiger partial charge is 0.480 e. The van der Waals surface area contributed by atoms with E-state index >= 15 is 0 Å². The van der Waals surface area contributed by atoms with Crippen LogP contribution in [-0.4, -0.2) is 33.8 Å². The van der Waals surface area contributed by atoms with Gasteiger partial charge in [-0.2, -0.15) is 0 Å². The molecule has 1 saturated heterocycles. The summed E-state index contributed by atoms with van der Waals surface area (Å²) in [5.74, 6) is -2.25. The summed E-state index contributed by atoms with van der Waals surface area (Å²) in [4.78, 5) is 38.2. The van der Waals surface area contributed by atoms with E-state index in [-0.39, 0.29) is 41.9 Å². The fraction of sp³-hybridized carbons (Fsp3) is 0.389.